The highest BCUT2D eigenvalue weighted by atomic mass is 32.2. The Hall–Kier alpha value is -3.14. The van der Waals surface area contributed by atoms with Crippen LogP contribution < -0.4 is 13.8 Å². The van der Waals surface area contributed by atoms with Crippen LogP contribution in [0.1, 0.15) is 12.0 Å². The van der Waals surface area contributed by atoms with Crippen LogP contribution in [0, 0.1) is 0 Å². The lowest BCUT2D eigenvalue weighted by Crippen LogP contribution is -2.35. The molecule has 1 aliphatic rings. The van der Waals surface area contributed by atoms with E-state index in [9.17, 15) is 8.42 Å². The van der Waals surface area contributed by atoms with Gasteiger partial charge in [-0.1, -0.05) is 12.1 Å². The van der Waals surface area contributed by atoms with Gasteiger partial charge in [-0.25, -0.2) is 8.42 Å². The Morgan fingerprint density at radius 2 is 1.89 bits per heavy atom. The summed E-state index contributed by atoms with van der Waals surface area (Å²) in [6.07, 6.45) is 2.92. The molecule has 9 nitrogen and oxygen atoms in total. The monoisotopic (exact) mass is 401 g/mol. The van der Waals surface area contributed by atoms with Crippen LogP contribution >= 0.6 is 0 Å². The zero-order valence-electron chi connectivity index (χ0n) is 15.4. The van der Waals surface area contributed by atoms with E-state index in [0.29, 0.717) is 29.4 Å². The van der Waals surface area contributed by atoms with Crippen LogP contribution in [0.5, 0.6) is 11.5 Å². The van der Waals surface area contributed by atoms with Crippen molar-refractivity contribution in [2.45, 2.75) is 17.7 Å². The van der Waals surface area contributed by atoms with Gasteiger partial charge in [0, 0.05) is 6.54 Å². The number of nitrogens with zero attached hydrogens (tertiary/aromatic N) is 5. The lowest BCUT2D eigenvalue weighted by atomic mass is 10.0. The minimum Gasteiger partial charge on any atom is -0.495 e. The summed E-state index contributed by atoms with van der Waals surface area (Å²) < 4.78 is 40.6. The molecule has 1 aliphatic heterocycles. The number of rotatable bonds is 5. The second-order valence-electron chi connectivity index (χ2n) is 6.24. The molecule has 0 unspecified atom stereocenters. The van der Waals surface area contributed by atoms with Crippen LogP contribution in [0.15, 0.2) is 47.6 Å². The number of aryl methyl sites for hydroxylation is 1. The van der Waals surface area contributed by atoms with Gasteiger partial charge in [-0.15, -0.1) is 5.10 Å². The molecule has 0 saturated heterocycles. The molecule has 4 rings (SSSR count). The number of aromatic nitrogens is 4. The van der Waals surface area contributed by atoms with E-state index in [0.717, 1.165) is 18.4 Å². The van der Waals surface area contributed by atoms with Crippen molar-refractivity contribution in [3.8, 4) is 17.2 Å². The Balaban J connectivity index is 1.84. The van der Waals surface area contributed by atoms with Crippen molar-refractivity contribution in [2.75, 3.05) is 25.1 Å². The Labute approximate surface area is 162 Å². The van der Waals surface area contributed by atoms with Crippen LogP contribution in [0.25, 0.3) is 5.69 Å². The molecule has 146 valence electrons. The zero-order chi connectivity index (χ0) is 19.7. The Kier molecular flexibility index (Phi) is 4.63. The number of tetrazole rings is 1. The van der Waals surface area contributed by atoms with E-state index in [1.54, 1.807) is 12.1 Å². The van der Waals surface area contributed by atoms with Gasteiger partial charge in [-0.3, -0.25) is 4.31 Å². The molecule has 2 heterocycles. The summed E-state index contributed by atoms with van der Waals surface area (Å²) in [5.41, 5.74) is 1.98. The van der Waals surface area contributed by atoms with E-state index >= 15 is 0 Å². The quantitative estimate of drug-likeness (QED) is 0.643. The molecule has 2 aromatic carbocycles. The van der Waals surface area contributed by atoms with Gasteiger partial charge in [0.25, 0.3) is 10.0 Å². The molecule has 0 fully saturated rings. The molecule has 0 saturated carbocycles. The third-order valence-electron chi connectivity index (χ3n) is 4.69. The van der Waals surface area contributed by atoms with Crippen molar-refractivity contribution < 1.29 is 17.9 Å². The van der Waals surface area contributed by atoms with Gasteiger partial charge in [-0.05, 0) is 53.1 Å². The fourth-order valence-electron chi connectivity index (χ4n) is 3.39. The highest BCUT2D eigenvalue weighted by molar-refractivity contribution is 7.92. The van der Waals surface area contributed by atoms with E-state index in [1.165, 1.54) is 41.7 Å². The molecule has 0 bridgehead atoms. The van der Waals surface area contributed by atoms with E-state index in [2.05, 4.69) is 15.5 Å². The molecule has 10 heteroatoms. The van der Waals surface area contributed by atoms with Crippen molar-refractivity contribution in [1.82, 2.24) is 20.2 Å². The predicted octanol–water partition coefficient (Wildman–Crippen LogP) is 1.82. The van der Waals surface area contributed by atoms with Crippen molar-refractivity contribution in [1.29, 1.82) is 0 Å². The van der Waals surface area contributed by atoms with Gasteiger partial charge in [0.05, 0.1) is 24.8 Å². The van der Waals surface area contributed by atoms with E-state index in [-0.39, 0.29) is 4.90 Å². The van der Waals surface area contributed by atoms with E-state index < -0.39 is 10.0 Å². The minimum absolute atomic E-state index is 0.123. The van der Waals surface area contributed by atoms with Crippen molar-refractivity contribution >= 4 is 15.7 Å². The number of benzene rings is 2. The molecular weight excluding hydrogens is 382 g/mol. The highest BCUT2D eigenvalue weighted by Gasteiger charge is 2.32. The fraction of sp³-hybridized carbons (Fsp3) is 0.278. The van der Waals surface area contributed by atoms with Gasteiger partial charge in [-0.2, -0.15) is 4.68 Å². The molecular formula is C18H19N5O4S. The maximum Gasteiger partial charge on any atom is 0.264 e. The van der Waals surface area contributed by atoms with Crippen LogP contribution in [0.2, 0.25) is 0 Å². The van der Waals surface area contributed by atoms with Crippen LogP contribution in [-0.4, -0.2) is 49.4 Å². The standard InChI is InChI=1S/C18H19N5O4S/c1-26-16-9-8-14(11-15(16)22-12-19-20-21-22)28(24,25)23-10-4-6-13-5-3-7-17(27-2)18(13)23/h3,5,7-9,11-12H,4,6,10H2,1-2H3. The normalized spacial score (nSPS) is 13.9. The summed E-state index contributed by atoms with van der Waals surface area (Å²) >= 11 is 0. The summed E-state index contributed by atoms with van der Waals surface area (Å²) in [4.78, 5) is 0.123. The molecule has 28 heavy (non-hydrogen) atoms. The first-order valence-corrected chi connectivity index (χ1v) is 10.1. The van der Waals surface area contributed by atoms with Gasteiger partial charge in [0.1, 0.15) is 23.5 Å². The highest BCUT2D eigenvalue weighted by Crippen LogP contribution is 2.39. The number of methoxy groups -OCH3 is 2. The molecule has 0 radical (unpaired) electrons. The second kappa shape index (κ2) is 7.12. The third kappa shape index (κ3) is 2.95. The minimum atomic E-state index is -3.83. The van der Waals surface area contributed by atoms with E-state index in [4.69, 9.17) is 9.47 Å². The van der Waals surface area contributed by atoms with Crippen LogP contribution in [0.4, 0.5) is 5.69 Å². The van der Waals surface area contributed by atoms with Gasteiger partial charge in [0.2, 0.25) is 0 Å². The van der Waals surface area contributed by atoms with Crippen molar-refractivity contribution in [2.24, 2.45) is 0 Å². The number of fused-ring (bicyclic) bond motifs is 1. The Bertz CT molecular complexity index is 1080. The van der Waals surface area contributed by atoms with Crippen LogP contribution in [-0.2, 0) is 16.4 Å². The molecule has 0 atom stereocenters. The number of ether oxygens (including phenoxy) is 2. The largest absolute Gasteiger partial charge is 0.495 e. The van der Waals surface area contributed by atoms with Gasteiger partial charge >= 0.3 is 0 Å². The maximum atomic E-state index is 13.5. The molecule has 0 spiro atoms. The number of anilines is 1. The first-order valence-electron chi connectivity index (χ1n) is 8.66. The molecule has 1 aromatic heterocycles. The van der Waals surface area contributed by atoms with Crippen molar-refractivity contribution in [3.63, 3.8) is 0 Å². The average Bonchev–Trinajstić information content (AvgIpc) is 3.27. The summed E-state index contributed by atoms with van der Waals surface area (Å²) in [5, 5.41) is 11.1. The molecule has 0 amide bonds. The second-order valence-corrected chi connectivity index (χ2v) is 8.10. The Morgan fingerprint density at radius 3 is 2.61 bits per heavy atom. The van der Waals surface area contributed by atoms with Crippen LogP contribution in [0.3, 0.4) is 0 Å². The SMILES string of the molecule is COc1ccc(S(=O)(=O)N2CCCc3cccc(OC)c32)cc1-n1cnnn1. The smallest absolute Gasteiger partial charge is 0.264 e. The summed E-state index contributed by atoms with van der Waals surface area (Å²) in [6.45, 7) is 0.377. The molecule has 0 N–H and O–H groups in total. The predicted molar refractivity (Wildman–Crippen MR) is 102 cm³/mol. The zero-order valence-corrected chi connectivity index (χ0v) is 16.3. The topological polar surface area (TPSA) is 99.4 Å². The van der Waals surface area contributed by atoms with E-state index in [1.807, 2.05) is 12.1 Å². The summed E-state index contributed by atoms with van der Waals surface area (Å²) in [6, 6.07) is 10.2. The Morgan fingerprint density at radius 1 is 1.07 bits per heavy atom. The lowest BCUT2D eigenvalue weighted by Gasteiger charge is -2.31. The molecule has 3 aromatic rings. The first-order chi connectivity index (χ1) is 13.6. The first kappa shape index (κ1) is 18.2. The maximum absolute atomic E-state index is 13.5. The third-order valence-corrected chi connectivity index (χ3v) is 6.49. The summed E-state index contributed by atoms with van der Waals surface area (Å²) in [5.74, 6) is 0.998. The number of hydrogen-bond acceptors (Lipinski definition) is 7. The van der Waals surface area contributed by atoms with Crippen molar-refractivity contribution in [3.05, 3.63) is 48.3 Å². The van der Waals surface area contributed by atoms with Gasteiger partial charge in [0.15, 0.2) is 0 Å². The number of para-hydroxylation sites is 1. The summed E-state index contributed by atoms with van der Waals surface area (Å²) in [7, 11) is -0.788. The lowest BCUT2D eigenvalue weighted by molar-refractivity contribution is 0.411. The van der Waals surface area contributed by atoms with Gasteiger partial charge < -0.3 is 9.47 Å². The average molecular weight is 401 g/mol. The fourth-order valence-corrected chi connectivity index (χ4v) is 4.96. The molecule has 0 aliphatic carbocycles. The number of hydrogen-bond donors (Lipinski definition) is 0. The number of sulfonamides is 1.